The summed E-state index contributed by atoms with van der Waals surface area (Å²) < 4.78 is 1.98. The highest BCUT2D eigenvalue weighted by atomic mass is 16.2. The Morgan fingerprint density at radius 3 is 2.79 bits per heavy atom. The van der Waals surface area contributed by atoms with Gasteiger partial charge in [0, 0.05) is 25.4 Å². The van der Waals surface area contributed by atoms with Crippen LogP contribution in [0.4, 0.5) is 0 Å². The Hall–Kier alpha value is -2.95. The van der Waals surface area contributed by atoms with Crippen molar-refractivity contribution in [3.8, 4) is 5.82 Å². The van der Waals surface area contributed by atoms with Crippen molar-refractivity contribution in [2.75, 3.05) is 6.54 Å². The second-order valence-corrected chi connectivity index (χ2v) is 7.35. The van der Waals surface area contributed by atoms with E-state index in [1.165, 1.54) is 5.56 Å². The second kappa shape index (κ2) is 8.38. The van der Waals surface area contributed by atoms with Crippen LogP contribution in [0, 0.1) is 6.92 Å². The molecule has 0 N–H and O–H groups in total. The van der Waals surface area contributed by atoms with Gasteiger partial charge in [-0.3, -0.25) is 9.36 Å². The molecule has 0 spiro atoms. The zero-order chi connectivity index (χ0) is 19.3. The first kappa shape index (κ1) is 18.4. The molecule has 144 valence electrons. The van der Waals surface area contributed by atoms with E-state index in [0.29, 0.717) is 6.42 Å². The number of carbonyl (C=O) groups is 1. The van der Waals surface area contributed by atoms with Crippen molar-refractivity contribution in [3.63, 3.8) is 0 Å². The molecule has 1 fully saturated rings. The lowest BCUT2D eigenvalue weighted by molar-refractivity contribution is -0.132. The molecule has 1 amide bonds. The molecule has 3 heterocycles. The summed E-state index contributed by atoms with van der Waals surface area (Å²) in [6.07, 6.45) is 8.12. The van der Waals surface area contributed by atoms with Crippen molar-refractivity contribution in [1.29, 1.82) is 0 Å². The number of aryl methyl sites for hydroxylation is 2. The van der Waals surface area contributed by atoms with Crippen molar-refractivity contribution in [3.05, 3.63) is 78.0 Å². The highest BCUT2D eigenvalue weighted by Crippen LogP contribution is 2.32. The van der Waals surface area contributed by atoms with Crippen LogP contribution in [0.3, 0.4) is 0 Å². The number of carbonyl (C=O) groups excluding carboxylic acids is 1. The third-order valence-electron chi connectivity index (χ3n) is 5.44. The molecule has 0 radical (unpaired) electrons. The van der Waals surface area contributed by atoms with Gasteiger partial charge in [-0.25, -0.2) is 9.97 Å². The molecule has 2 aromatic heterocycles. The van der Waals surface area contributed by atoms with Gasteiger partial charge in [0.1, 0.15) is 11.6 Å². The van der Waals surface area contributed by atoms with Gasteiger partial charge in [-0.1, -0.05) is 36.4 Å². The maximum atomic E-state index is 12.9. The van der Waals surface area contributed by atoms with Gasteiger partial charge in [-0.05, 0) is 50.3 Å². The van der Waals surface area contributed by atoms with E-state index in [1.54, 1.807) is 6.20 Å². The third-order valence-corrected chi connectivity index (χ3v) is 5.44. The number of rotatable bonds is 6. The van der Waals surface area contributed by atoms with Crippen LogP contribution in [0.25, 0.3) is 5.82 Å². The van der Waals surface area contributed by atoms with Gasteiger partial charge in [0.2, 0.25) is 5.91 Å². The van der Waals surface area contributed by atoms with E-state index in [4.69, 9.17) is 4.98 Å². The third kappa shape index (κ3) is 3.98. The number of aromatic nitrogens is 3. The first-order valence-electron chi connectivity index (χ1n) is 10.0. The van der Waals surface area contributed by atoms with Crippen molar-refractivity contribution in [2.45, 2.75) is 45.1 Å². The Morgan fingerprint density at radius 2 is 2.00 bits per heavy atom. The normalized spacial score (nSPS) is 16.5. The molecule has 0 saturated carbocycles. The van der Waals surface area contributed by atoms with Gasteiger partial charge in [-0.2, -0.15) is 0 Å². The molecule has 5 nitrogen and oxygen atoms in total. The molecule has 5 heteroatoms. The molecule has 1 aliphatic rings. The summed E-state index contributed by atoms with van der Waals surface area (Å²) in [6, 6.07) is 16.5. The number of hydrogen-bond acceptors (Lipinski definition) is 3. The van der Waals surface area contributed by atoms with E-state index in [9.17, 15) is 4.79 Å². The minimum atomic E-state index is 0.0769. The average Bonchev–Trinajstić information content (AvgIpc) is 3.38. The fraction of sp³-hybridized carbons (Fsp3) is 0.348. The summed E-state index contributed by atoms with van der Waals surface area (Å²) in [6.45, 7) is 2.79. The molecule has 28 heavy (non-hydrogen) atoms. The Balaban J connectivity index is 1.43. The quantitative estimate of drug-likeness (QED) is 0.648. The Labute approximate surface area is 166 Å². The van der Waals surface area contributed by atoms with Crippen LogP contribution in [0.1, 0.15) is 48.8 Å². The van der Waals surface area contributed by atoms with Gasteiger partial charge in [0.15, 0.2) is 0 Å². The first-order chi connectivity index (χ1) is 13.7. The van der Waals surface area contributed by atoms with Crippen LogP contribution in [0.2, 0.25) is 0 Å². The van der Waals surface area contributed by atoms with Crippen LogP contribution in [-0.4, -0.2) is 31.9 Å². The van der Waals surface area contributed by atoms with E-state index in [-0.39, 0.29) is 11.9 Å². The van der Waals surface area contributed by atoms with Crippen molar-refractivity contribution in [2.24, 2.45) is 0 Å². The molecule has 4 rings (SSSR count). The second-order valence-electron chi connectivity index (χ2n) is 7.35. The lowest BCUT2D eigenvalue weighted by atomic mass is 10.1. The van der Waals surface area contributed by atoms with Crippen molar-refractivity contribution < 1.29 is 4.79 Å². The van der Waals surface area contributed by atoms with E-state index in [1.807, 2.05) is 59.0 Å². The molecule has 1 aliphatic heterocycles. The molecular weight excluding hydrogens is 348 g/mol. The fourth-order valence-corrected chi connectivity index (χ4v) is 3.98. The average molecular weight is 374 g/mol. The Kier molecular flexibility index (Phi) is 5.51. The summed E-state index contributed by atoms with van der Waals surface area (Å²) in [5, 5.41) is 0. The van der Waals surface area contributed by atoms with E-state index >= 15 is 0 Å². The smallest absolute Gasteiger partial charge is 0.223 e. The predicted molar refractivity (Wildman–Crippen MR) is 109 cm³/mol. The SMILES string of the molecule is Cc1nccn1-c1cccc([C@H]2CCCN2C(=O)CCCc2ccccc2)n1. The van der Waals surface area contributed by atoms with Gasteiger partial charge in [-0.15, -0.1) is 0 Å². The largest absolute Gasteiger partial charge is 0.334 e. The van der Waals surface area contributed by atoms with E-state index in [0.717, 1.165) is 49.6 Å². The first-order valence-corrected chi connectivity index (χ1v) is 10.0. The predicted octanol–water partition coefficient (Wildman–Crippen LogP) is 4.26. The summed E-state index contributed by atoms with van der Waals surface area (Å²) >= 11 is 0. The molecule has 0 aliphatic carbocycles. The number of nitrogens with zero attached hydrogens (tertiary/aromatic N) is 4. The summed E-state index contributed by atoms with van der Waals surface area (Å²) in [7, 11) is 0. The van der Waals surface area contributed by atoms with Gasteiger partial charge in [0.25, 0.3) is 0 Å². The topological polar surface area (TPSA) is 51.0 Å². The van der Waals surface area contributed by atoms with Crippen LogP contribution < -0.4 is 0 Å². The van der Waals surface area contributed by atoms with E-state index in [2.05, 4.69) is 17.1 Å². The summed E-state index contributed by atoms with van der Waals surface area (Å²) in [5.41, 5.74) is 2.26. The molecule has 1 saturated heterocycles. The van der Waals surface area contributed by atoms with Gasteiger partial charge < -0.3 is 4.90 Å². The maximum Gasteiger partial charge on any atom is 0.223 e. The molecule has 1 atom stereocenters. The van der Waals surface area contributed by atoms with Gasteiger partial charge in [0.05, 0.1) is 11.7 Å². The molecule has 3 aromatic rings. The van der Waals surface area contributed by atoms with Crippen molar-refractivity contribution in [1.82, 2.24) is 19.4 Å². The Morgan fingerprint density at radius 1 is 1.14 bits per heavy atom. The number of imidazole rings is 1. The molecular formula is C23H26N4O. The lowest BCUT2D eigenvalue weighted by Gasteiger charge is -2.25. The molecule has 1 aromatic carbocycles. The van der Waals surface area contributed by atoms with Crippen LogP contribution in [0.15, 0.2) is 60.9 Å². The van der Waals surface area contributed by atoms with Crippen LogP contribution in [-0.2, 0) is 11.2 Å². The number of likely N-dealkylation sites (tertiary alicyclic amines) is 1. The number of hydrogen-bond donors (Lipinski definition) is 0. The minimum absolute atomic E-state index is 0.0769. The number of pyridine rings is 1. The lowest BCUT2D eigenvalue weighted by Crippen LogP contribution is -2.31. The zero-order valence-corrected chi connectivity index (χ0v) is 16.3. The van der Waals surface area contributed by atoms with E-state index < -0.39 is 0 Å². The monoisotopic (exact) mass is 374 g/mol. The van der Waals surface area contributed by atoms with Crippen LogP contribution >= 0.6 is 0 Å². The maximum absolute atomic E-state index is 12.9. The summed E-state index contributed by atoms with van der Waals surface area (Å²) in [5.74, 6) is 2.00. The highest BCUT2D eigenvalue weighted by molar-refractivity contribution is 5.77. The number of benzene rings is 1. The molecule has 0 bridgehead atoms. The fourth-order valence-electron chi connectivity index (χ4n) is 3.98. The standard InChI is InChI=1S/C23H26N4O/c1-18-24-15-17-26(18)22-13-6-11-20(25-22)21-12-7-16-27(21)23(28)14-5-10-19-8-3-2-4-9-19/h2-4,6,8-9,11,13,15,17,21H,5,7,10,12,14,16H2,1H3/t21-/m1/s1. The Bertz CT molecular complexity index is 935. The summed E-state index contributed by atoms with van der Waals surface area (Å²) in [4.78, 5) is 24.0. The minimum Gasteiger partial charge on any atom is -0.334 e. The number of amides is 1. The zero-order valence-electron chi connectivity index (χ0n) is 16.3. The highest BCUT2D eigenvalue weighted by Gasteiger charge is 2.30. The van der Waals surface area contributed by atoms with Crippen molar-refractivity contribution >= 4 is 5.91 Å². The van der Waals surface area contributed by atoms with Gasteiger partial charge >= 0.3 is 0 Å². The molecule has 0 unspecified atom stereocenters. The van der Waals surface area contributed by atoms with Crippen LogP contribution in [0.5, 0.6) is 0 Å².